The van der Waals surface area contributed by atoms with Gasteiger partial charge in [0.2, 0.25) is 0 Å². The standard InChI is InChI=1S/C29H26N2O4P.ClHO4/c1-2-34-28(32)30-31-29(33)35-22-23-18-20-27(21-19-23)36(24-12-6-3-7-13-24,25-14-8-4-9-15-25)26-16-10-5-11-17-26;2-1(3,4)5/h3-21H,2,22H2,1H3;(H,2,3,4,5)/q+1;/p-1. The molecule has 0 saturated carbocycles. The molecule has 0 heterocycles. The molecule has 0 fully saturated rings. The Morgan fingerprint density at radius 1 is 0.610 bits per heavy atom. The Balaban J connectivity index is 0.000000850. The van der Waals surface area contributed by atoms with Gasteiger partial charge in [-0.15, -0.1) is 10.2 Å². The van der Waals surface area contributed by atoms with Gasteiger partial charge in [0.05, 0.1) is 6.61 Å². The average molecular weight is 597 g/mol. The van der Waals surface area contributed by atoms with Crippen LogP contribution >= 0.6 is 7.26 Å². The zero-order valence-electron chi connectivity index (χ0n) is 21.9. The molecule has 4 rings (SSSR count). The largest absolute Gasteiger partial charge is 0.452 e. The van der Waals surface area contributed by atoms with Crippen molar-refractivity contribution >= 4 is 40.7 Å². The summed E-state index contributed by atoms with van der Waals surface area (Å²) in [5.41, 5.74) is 0.797. The lowest BCUT2D eigenvalue weighted by molar-refractivity contribution is -2.00. The molecule has 41 heavy (non-hydrogen) atoms. The first-order valence-electron chi connectivity index (χ1n) is 12.2. The molecule has 12 heteroatoms. The Morgan fingerprint density at radius 2 is 0.951 bits per heavy atom. The van der Waals surface area contributed by atoms with Crippen LogP contribution in [0.25, 0.3) is 0 Å². The van der Waals surface area contributed by atoms with Crippen LogP contribution in [0.4, 0.5) is 9.59 Å². The molecule has 0 bridgehead atoms. The van der Waals surface area contributed by atoms with Crippen molar-refractivity contribution in [3.8, 4) is 0 Å². The van der Waals surface area contributed by atoms with Crippen LogP contribution in [-0.4, -0.2) is 18.8 Å². The van der Waals surface area contributed by atoms with Gasteiger partial charge < -0.3 is 9.47 Å². The first kappa shape index (κ1) is 31.5. The van der Waals surface area contributed by atoms with E-state index in [9.17, 15) is 9.59 Å². The summed E-state index contributed by atoms with van der Waals surface area (Å²) in [5.74, 6) is 0. The molecule has 0 aromatic heterocycles. The molecule has 0 saturated heterocycles. The average Bonchev–Trinajstić information content (AvgIpc) is 2.97. The number of amides is 2. The number of hydrogen-bond acceptors (Lipinski definition) is 8. The van der Waals surface area contributed by atoms with E-state index in [2.05, 4.69) is 99.9 Å². The molecule has 0 N–H and O–H groups in total. The zero-order valence-corrected chi connectivity index (χ0v) is 23.5. The highest BCUT2D eigenvalue weighted by Gasteiger charge is 2.47. The Morgan fingerprint density at radius 3 is 1.32 bits per heavy atom. The smallest absolute Gasteiger partial charge is 0.447 e. The van der Waals surface area contributed by atoms with Gasteiger partial charge in [-0.2, -0.15) is 0 Å². The quantitative estimate of drug-likeness (QED) is 0.223. The predicted octanol–water partition coefficient (Wildman–Crippen LogP) is 0.795. The number of nitrogens with zero attached hydrogens (tertiary/aromatic N) is 2. The van der Waals surface area contributed by atoms with Crippen molar-refractivity contribution in [3.63, 3.8) is 0 Å². The molecule has 0 atom stereocenters. The number of ether oxygens (including phenoxy) is 2. The summed E-state index contributed by atoms with van der Waals surface area (Å²) in [6.45, 7) is 1.80. The lowest BCUT2D eigenvalue weighted by atomic mass is 10.2. The van der Waals surface area contributed by atoms with Crippen molar-refractivity contribution in [1.29, 1.82) is 0 Å². The first-order valence-corrected chi connectivity index (χ1v) is 15.2. The summed E-state index contributed by atoms with van der Waals surface area (Å²) in [4.78, 5) is 23.0. The number of carbonyl (C=O) groups excluding carboxylic acids is 2. The highest BCUT2D eigenvalue weighted by Crippen LogP contribution is 2.54. The van der Waals surface area contributed by atoms with E-state index in [4.69, 9.17) is 23.4 Å². The van der Waals surface area contributed by atoms with Gasteiger partial charge >= 0.3 is 12.2 Å². The van der Waals surface area contributed by atoms with E-state index in [-0.39, 0.29) is 13.2 Å². The van der Waals surface area contributed by atoms with Gasteiger partial charge in [-0.1, -0.05) is 77.0 Å². The summed E-state index contributed by atoms with van der Waals surface area (Å²) in [6, 6.07) is 39.8. The van der Waals surface area contributed by atoms with Crippen LogP contribution in [0.1, 0.15) is 12.5 Å². The Labute approximate surface area is 239 Å². The second-order valence-electron chi connectivity index (χ2n) is 8.18. The first-order chi connectivity index (χ1) is 19.6. The van der Waals surface area contributed by atoms with E-state index in [1.807, 2.05) is 30.3 Å². The van der Waals surface area contributed by atoms with Crippen LogP contribution in [0.2, 0.25) is 0 Å². The maximum atomic E-state index is 11.8. The minimum atomic E-state index is -4.94. The summed E-state index contributed by atoms with van der Waals surface area (Å²) < 4.78 is 43.7. The van der Waals surface area contributed by atoms with Crippen molar-refractivity contribution in [3.05, 3.63) is 121 Å². The molecule has 0 unspecified atom stereocenters. The molecule has 0 aliphatic rings. The molecule has 0 aliphatic heterocycles. The summed E-state index contributed by atoms with van der Waals surface area (Å²) in [5, 5.41) is 11.3. The summed E-state index contributed by atoms with van der Waals surface area (Å²) >= 11 is 0. The lowest BCUT2D eigenvalue weighted by Gasteiger charge is -2.27. The molecular weight excluding hydrogens is 571 g/mol. The zero-order chi connectivity index (χ0) is 29.7. The minimum absolute atomic E-state index is 0.00835. The molecule has 2 amide bonds. The molecule has 212 valence electrons. The molecular formula is C29H26ClN2O8P. The van der Waals surface area contributed by atoms with Crippen LogP contribution in [-0.2, 0) is 16.1 Å². The highest BCUT2D eigenvalue weighted by atomic mass is 35.7. The number of azo groups is 1. The highest BCUT2D eigenvalue weighted by molar-refractivity contribution is 8.01. The van der Waals surface area contributed by atoms with E-state index in [1.165, 1.54) is 21.2 Å². The van der Waals surface area contributed by atoms with Gasteiger partial charge in [-0.3, -0.25) is 0 Å². The Hall–Kier alpha value is -4.02. The van der Waals surface area contributed by atoms with Crippen molar-refractivity contribution in [1.82, 2.24) is 0 Å². The third kappa shape index (κ3) is 9.26. The second-order valence-corrected chi connectivity index (χ2v) is 12.3. The topological polar surface area (TPSA) is 170 Å². The van der Waals surface area contributed by atoms with Crippen molar-refractivity contribution < 1.29 is 47.9 Å². The van der Waals surface area contributed by atoms with Gasteiger partial charge in [0.1, 0.15) is 35.1 Å². The number of rotatable bonds is 7. The predicted molar refractivity (Wildman–Crippen MR) is 143 cm³/mol. The van der Waals surface area contributed by atoms with E-state index in [0.717, 1.165) is 5.56 Å². The van der Waals surface area contributed by atoms with Crippen molar-refractivity contribution in [2.45, 2.75) is 13.5 Å². The lowest BCUT2D eigenvalue weighted by Crippen LogP contribution is -2.68. The maximum Gasteiger partial charge on any atom is 0.452 e. The molecule has 10 nitrogen and oxygen atoms in total. The van der Waals surface area contributed by atoms with Crippen molar-refractivity contribution in [2.75, 3.05) is 6.61 Å². The number of carbonyl (C=O) groups is 2. The van der Waals surface area contributed by atoms with Crippen LogP contribution < -0.4 is 39.9 Å². The Bertz CT molecular complexity index is 1320. The van der Waals surface area contributed by atoms with Gasteiger partial charge in [-0.25, -0.2) is 28.2 Å². The fourth-order valence-electron chi connectivity index (χ4n) is 4.07. The van der Waals surface area contributed by atoms with Gasteiger partial charge in [0, 0.05) is 0 Å². The molecule has 0 aliphatic carbocycles. The van der Waals surface area contributed by atoms with Gasteiger partial charge in [0.25, 0.3) is 0 Å². The molecule has 4 aromatic rings. The maximum absolute atomic E-state index is 11.8. The van der Waals surface area contributed by atoms with Crippen LogP contribution in [0.5, 0.6) is 0 Å². The van der Waals surface area contributed by atoms with E-state index >= 15 is 0 Å². The normalized spacial score (nSPS) is 11.3. The van der Waals surface area contributed by atoms with Gasteiger partial charge in [-0.05, 0) is 61.0 Å². The number of hydrogen-bond donors (Lipinski definition) is 0. The molecule has 0 radical (unpaired) electrons. The van der Waals surface area contributed by atoms with Crippen LogP contribution in [0, 0.1) is 10.2 Å². The van der Waals surface area contributed by atoms with Crippen molar-refractivity contribution in [2.24, 2.45) is 10.2 Å². The summed E-state index contributed by atoms with van der Waals surface area (Å²) in [6.07, 6.45) is -1.88. The van der Waals surface area contributed by atoms with E-state index in [0.29, 0.717) is 0 Å². The fraction of sp³-hybridized carbons (Fsp3) is 0.103. The second kappa shape index (κ2) is 15.1. The monoisotopic (exact) mass is 596 g/mol. The molecule has 4 aromatic carbocycles. The number of halogens is 1. The number of benzene rings is 4. The Kier molecular flexibility index (Phi) is 11.6. The molecule has 0 spiro atoms. The van der Waals surface area contributed by atoms with Crippen LogP contribution in [0.3, 0.4) is 0 Å². The summed E-state index contributed by atoms with van der Waals surface area (Å²) in [7, 11) is -7.13. The van der Waals surface area contributed by atoms with Gasteiger partial charge in [0.15, 0.2) is 0 Å². The van der Waals surface area contributed by atoms with E-state index < -0.39 is 29.7 Å². The third-order valence-corrected chi connectivity index (χ3v) is 9.89. The van der Waals surface area contributed by atoms with Crippen LogP contribution in [0.15, 0.2) is 125 Å². The third-order valence-electron chi connectivity index (χ3n) is 5.60. The SMILES string of the molecule is CCOC(=O)N=NC(=O)OCc1ccc([P+](c2ccccc2)(c2ccccc2)c2ccccc2)cc1.[O-][Cl+3]([O-])([O-])[O-]. The van der Waals surface area contributed by atoms with E-state index in [1.54, 1.807) is 6.92 Å². The minimum Gasteiger partial charge on any atom is -0.447 e. The fourth-order valence-corrected chi connectivity index (χ4v) is 8.32.